The monoisotopic (exact) mass is 187 g/mol. The summed E-state index contributed by atoms with van der Waals surface area (Å²) in [5.74, 6) is 0. The topological polar surface area (TPSA) is 12.5 Å². The van der Waals surface area contributed by atoms with Gasteiger partial charge in [-0.1, -0.05) is 20.3 Å². The van der Waals surface area contributed by atoms with Gasteiger partial charge in [0.05, 0.1) is 0 Å². The number of rotatable bonds is 9. The summed E-state index contributed by atoms with van der Waals surface area (Å²) in [5, 5.41) is 0. The van der Waals surface area contributed by atoms with Gasteiger partial charge in [0, 0.05) is 19.8 Å². The van der Waals surface area contributed by atoms with Crippen molar-refractivity contribution in [2.45, 2.75) is 40.0 Å². The fourth-order valence-electron chi connectivity index (χ4n) is 1.34. The number of hydrogen-bond donors (Lipinski definition) is 0. The predicted octanol–water partition coefficient (Wildman–Crippen LogP) is 2.54. The summed E-state index contributed by atoms with van der Waals surface area (Å²) in [5.41, 5.74) is 0. The zero-order valence-corrected chi connectivity index (χ0v) is 9.51. The lowest BCUT2D eigenvalue weighted by atomic mass is 10.3. The van der Waals surface area contributed by atoms with E-state index in [0.29, 0.717) is 0 Å². The van der Waals surface area contributed by atoms with Crippen LogP contribution in [0.3, 0.4) is 0 Å². The summed E-state index contributed by atoms with van der Waals surface area (Å²) >= 11 is 0. The Kier molecular flexibility index (Phi) is 9.94. The van der Waals surface area contributed by atoms with Crippen LogP contribution in [0.1, 0.15) is 40.0 Å². The lowest BCUT2D eigenvalue weighted by molar-refractivity contribution is 0.132. The fraction of sp³-hybridized carbons (Fsp3) is 1.00. The normalized spacial score (nSPS) is 11.1. The molecule has 0 aliphatic carbocycles. The molecule has 0 aromatic carbocycles. The second-order valence-electron chi connectivity index (χ2n) is 3.34. The SMILES string of the molecule is CCCCN(CC)CCCOCC. The zero-order chi connectivity index (χ0) is 9.94. The van der Waals surface area contributed by atoms with Crippen LogP contribution in [0.5, 0.6) is 0 Å². The smallest absolute Gasteiger partial charge is 0.0478 e. The van der Waals surface area contributed by atoms with Crippen LogP contribution in [0.4, 0.5) is 0 Å². The van der Waals surface area contributed by atoms with Crippen LogP contribution in [-0.2, 0) is 4.74 Å². The van der Waals surface area contributed by atoms with E-state index in [2.05, 4.69) is 25.7 Å². The molecule has 0 aromatic heterocycles. The molecule has 0 saturated carbocycles. The molecule has 0 fully saturated rings. The van der Waals surface area contributed by atoms with Crippen LogP contribution in [-0.4, -0.2) is 37.7 Å². The zero-order valence-electron chi connectivity index (χ0n) is 9.51. The molecular formula is C11H25NO. The van der Waals surface area contributed by atoms with E-state index >= 15 is 0 Å². The first kappa shape index (κ1) is 12.9. The first-order chi connectivity index (χ1) is 6.35. The molecule has 13 heavy (non-hydrogen) atoms. The number of unbranched alkanes of at least 4 members (excludes halogenated alkanes) is 1. The molecule has 2 heteroatoms. The fourth-order valence-corrected chi connectivity index (χ4v) is 1.34. The van der Waals surface area contributed by atoms with Crippen molar-refractivity contribution in [2.24, 2.45) is 0 Å². The minimum Gasteiger partial charge on any atom is -0.382 e. The Bertz CT molecular complexity index is 96.1. The van der Waals surface area contributed by atoms with Crippen LogP contribution in [0.15, 0.2) is 0 Å². The van der Waals surface area contributed by atoms with Crippen LogP contribution < -0.4 is 0 Å². The van der Waals surface area contributed by atoms with Crippen LogP contribution in [0, 0.1) is 0 Å². The maximum absolute atomic E-state index is 5.31. The summed E-state index contributed by atoms with van der Waals surface area (Å²) in [6, 6.07) is 0. The lowest BCUT2D eigenvalue weighted by Crippen LogP contribution is -2.26. The van der Waals surface area contributed by atoms with Gasteiger partial charge in [-0.25, -0.2) is 0 Å². The van der Waals surface area contributed by atoms with Gasteiger partial charge in [-0.3, -0.25) is 0 Å². The van der Waals surface area contributed by atoms with E-state index in [9.17, 15) is 0 Å². The van der Waals surface area contributed by atoms with Crippen molar-refractivity contribution >= 4 is 0 Å². The predicted molar refractivity (Wildman–Crippen MR) is 58.1 cm³/mol. The van der Waals surface area contributed by atoms with E-state index in [0.717, 1.165) is 13.2 Å². The minimum atomic E-state index is 0.848. The second kappa shape index (κ2) is 10.0. The number of ether oxygens (including phenoxy) is 1. The van der Waals surface area contributed by atoms with Gasteiger partial charge in [0.2, 0.25) is 0 Å². The third-order valence-electron chi connectivity index (χ3n) is 2.24. The Labute approximate surface area is 83.3 Å². The van der Waals surface area contributed by atoms with Crippen molar-refractivity contribution in [1.82, 2.24) is 4.90 Å². The van der Waals surface area contributed by atoms with E-state index < -0.39 is 0 Å². The average molecular weight is 187 g/mol. The van der Waals surface area contributed by atoms with Crippen molar-refractivity contribution in [3.63, 3.8) is 0 Å². The van der Waals surface area contributed by atoms with Gasteiger partial charge in [0.15, 0.2) is 0 Å². The highest BCUT2D eigenvalue weighted by atomic mass is 16.5. The Morgan fingerprint density at radius 2 is 1.69 bits per heavy atom. The van der Waals surface area contributed by atoms with E-state index in [1.165, 1.54) is 38.9 Å². The highest BCUT2D eigenvalue weighted by molar-refractivity contribution is 4.54. The average Bonchev–Trinajstić information content (AvgIpc) is 2.17. The number of nitrogens with zero attached hydrogens (tertiary/aromatic N) is 1. The summed E-state index contributed by atoms with van der Waals surface area (Å²) in [6.45, 7) is 11.9. The summed E-state index contributed by atoms with van der Waals surface area (Å²) in [4.78, 5) is 2.50. The van der Waals surface area contributed by atoms with Crippen molar-refractivity contribution < 1.29 is 4.74 Å². The van der Waals surface area contributed by atoms with Crippen LogP contribution in [0.2, 0.25) is 0 Å². The van der Waals surface area contributed by atoms with Crippen molar-refractivity contribution in [2.75, 3.05) is 32.8 Å². The van der Waals surface area contributed by atoms with E-state index in [1.54, 1.807) is 0 Å². The first-order valence-corrected chi connectivity index (χ1v) is 5.65. The molecule has 0 aliphatic rings. The molecule has 0 unspecified atom stereocenters. The second-order valence-corrected chi connectivity index (χ2v) is 3.34. The molecule has 0 saturated heterocycles. The van der Waals surface area contributed by atoms with Gasteiger partial charge in [0.1, 0.15) is 0 Å². The Hall–Kier alpha value is -0.0800. The third-order valence-corrected chi connectivity index (χ3v) is 2.24. The molecule has 0 N–H and O–H groups in total. The molecule has 0 bridgehead atoms. The summed E-state index contributed by atoms with van der Waals surface area (Å²) < 4.78 is 5.31. The van der Waals surface area contributed by atoms with Gasteiger partial charge in [0.25, 0.3) is 0 Å². The molecule has 0 rings (SSSR count). The maximum Gasteiger partial charge on any atom is 0.0478 e. The molecule has 0 atom stereocenters. The van der Waals surface area contributed by atoms with Gasteiger partial charge in [-0.05, 0) is 32.9 Å². The number of hydrogen-bond acceptors (Lipinski definition) is 2. The molecule has 0 heterocycles. The van der Waals surface area contributed by atoms with Crippen molar-refractivity contribution in [3.05, 3.63) is 0 Å². The minimum absolute atomic E-state index is 0.848. The highest BCUT2D eigenvalue weighted by Gasteiger charge is 1.99. The highest BCUT2D eigenvalue weighted by Crippen LogP contribution is 1.96. The van der Waals surface area contributed by atoms with E-state index in [4.69, 9.17) is 4.74 Å². The first-order valence-electron chi connectivity index (χ1n) is 5.65. The molecule has 0 amide bonds. The maximum atomic E-state index is 5.31. The van der Waals surface area contributed by atoms with Crippen LogP contribution in [0.25, 0.3) is 0 Å². The van der Waals surface area contributed by atoms with Gasteiger partial charge >= 0.3 is 0 Å². The van der Waals surface area contributed by atoms with Gasteiger partial charge < -0.3 is 9.64 Å². The quantitative estimate of drug-likeness (QED) is 0.514. The molecule has 0 spiro atoms. The Morgan fingerprint density at radius 3 is 2.23 bits per heavy atom. The van der Waals surface area contributed by atoms with Crippen LogP contribution >= 0.6 is 0 Å². The molecule has 0 radical (unpaired) electrons. The third kappa shape index (κ3) is 8.26. The van der Waals surface area contributed by atoms with Gasteiger partial charge in [-0.15, -0.1) is 0 Å². The van der Waals surface area contributed by atoms with Crippen molar-refractivity contribution in [3.8, 4) is 0 Å². The lowest BCUT2D eigenvalue weighted by Gasteiger charge is -2.19. The Balaban J connectivity index is 3.25. The van der Waals surface area contributed by atoms with E-state index in [-0.39, 0.29) is 0 Å². The van der Waals surface area contributed by atoms with E-state index in [1.807, 2.05) is 0 Å². The standard InChI is InChI=1S/C11H25NO/c1-4-7-9-12(5-2)10-8-11-13-6-3/h4-11H2,1-3H3. The van der Waals surface area contributed by atoms with Crippen molar-refractivity contribution in [1.29, 1.82) is 0 Å². The summed E-state index contributed by atoms with van der Waals surface area (Å²) in [6.07, 6.45) is 3.79. The molecule has 2 nitrogen and oxygen atoms in total. The van der Waals surface area contributed by atoms with Gasteiger partial charge in [-0.2, -0.15) is 0 Å². The largest absolute Gasteiger partial charge is 0.382 e. The molecular weight excluding hydrogens is 162 g/mol. The molecule has 80 valence electrons. The summed E-state index contributed by atoms with van der Waals surface area (Å²) in [7, 11) is 0. The Morgan fingerprint density at radius 1 is 1.00 bits per heavy atom. The molecule has 0 aromatic rings. The molecule has 0 aliphatic heterocycles.